The number of hydrogen-bond acceptors (Lipinski definition) is 3. The van der Waals surface area contributed by atoms with Crippen LogP contribution in [0.25, 0.3) is 0 Å². The van der Waals surface area contributed by atoms with Gasteiger partial charge in [0.25, 0.3) is 5.91 Å². The molecule has 0 aromatic carbocycles. The molecule has 2 atom stereocenters. The van der Waals surface area contributed by atoms with Crippen LogP contribution >= 0.6 is 0 Å². The Morgan fingerprint density at radius 2 is 2.24 bits per heavy atom. The number of aromatic nitrogens is 1. The van der Waals surface area contributed by atoms with Crippen molar-refractivity contribution in [2.24, 2.45) is 11.7 Å². The van der Waals surface area contributed by atoms with Crippen LogP contribution in [-0.4, -0.2) is 22.8 Å². The van der Waals surface area contributed by atoms with E-state index < -0.39 is 11.9 Å². The maximum absolute atomic E-state index is 11.8. The molecule has 0 saturated heterocycles. The molecule has 0 fully saturated rings. The summed E-state index contributed by atoms with van der Waals surface area (Å²) < 4.78 is 0. The molecule has 5 nitrogen and oxygen atoms in total. The number of carbonyl (C=O) groups is 2. The Hall–Kier alpha value is -1.91. The molecular formula is C12H17N3O2. The molecule has 0 spiro atoms. The van der Waals surface area contributed by atoms with Gasteiger partial charge in [-0.2, -0.15) is 0 Å². The van der Waals surface area contributed by atoms with Crippen molar-refractivity contribution < 1.29 is 9.59 Å². The second-order valence-corrected chi connectivity index (χ2v) is 3.98. The molecule has 1 aromatic heterocycles. The predicted octanol–water partition coefficient (Wildman–Crippen LogP) is 0.711. The standard InChI is InChI=1S/C12H17N3O2/c1-3-8(2)10(11(13)16)15-12(17)9-5-4-6-14-7-9/h4-8,10H,3H2,1-2H3,(H2,13,16)(H,15,17). The molecule has 0 aliphatic rings. The summed E-state index contributed by atoms with van der Waals surface area (Å²) >= 11 is 0. The van der Waals surface area contributed by atoms with Crippen LogP contribution in [0.5, 0.6) is 0 Å². The highest BCUT2D eigenvalue weighted by molar-refractivity contribution is 5.97. The third-order valence-corrected chi connectivity index (χ3v) is 2.73. The van der Waals surface area contributed by atoms with E-state index in [9.17, 15) is 9.59 Å². The summed E-state index contributed by atoms with van der Waals surface area (Å²) in [5, 5.41) is 2.63. The summed E-state index contributed by atoms with van der Waals surface area (Å²) in [6.45, 7) is 3.82. The highest BCUT2D eigenvalue weighted by Crippen LogP contribution is 2.08. The number of hydrogen-bond donors (Lipinski definition) is 2. The second-order valence-electron chi connectivity index (χ2n) is 3.98. The van der Waals surface area contributed by atoms with Crippen LogP contribution in [-0.2, 0) is 4.79 Å². The maximum Gasteiger partial charge on any atom is 0.253 e. The minimum absolute atomic E-state index is 0.00752. The van der Waals surface area contributed by atoms with Crippen LogP contribution in [0.4, 0.5) is 0 Å². The Bertz CT molecular complexity index is 392. The first-order chi connectivity index (χ1) is 8.06. The Balaban J connectivity index is 2.75. The first-order valence-electron chi connectivity index (χ1n) is 5.56. The fourth-order valence-corrected chi connectivity index (χ4v) is 1.45. The van der Waals surface area contributed by atoms with Crippen LogP contribution in [0.3, 0.4) is 0 Å². The Labute approximate surface area is 100 Å². The molecule has 1 heterocycles. The fraction of sp³-hybridized carbons (Fsp3) is 0.417. The summed E-state index contributed by atoms with van der Waals surface area (Å²) in [7, 11) is 0. The van der Waals surface area contributed by atoms with E-state index in [2.05, 4.69) is 10.3 Å². The summed E-state index contributed by atoms with van der Waals surface area (Å²) in [5.74, 6) is -0.841. The molecule has 0 saturated carbocycles. The van der Waals surface area contributed by atoms with E-state index in [1.165, 1.54) is 6.20 Å². The van der Waals surface area contributed by atoms with Crippen molar-refractivity contribution in [2.45, 2.75) is 26.3 Å². The summed E-state index contributed by atoms with van der Waals surface area (Å²) in [4.78, 5) is 26.9. The van der Waals surface area contributed by atoms with Gasteiger partial charge in [0.2, 0.25) is 5.91 Å². The SMILES string of the molecule is CCC(C)C(NC(=O)c1cccnc1)C(N)=O. The topological polar surface area (TPSA) is 85.1 Å². The van der Waals surface area contributed by atoms with Gasteiger partial charge in [0.15, 0.2) is 0 Å². The van der Waals surface area contributed by atoms with Gasteiger partial charge in [-0.25, -0.2) is 0 Å². The molecule has 1 aromatic rings. The Morgan fingerprint density at radius 3 is 2.71 bits per heavy atom. The predicted molar refractivity (Wildman–Crippen MR) is 64.1 cm³/mol. The minimum Gasteiger partial charge on any atom is -0.368 e. The molecule has 2 amide bonds. The van der Waals surface area contributed by atoms with Crippen molar-refractivity contribution in [3.05, 3.63) is 30.1 Å². The Morgan fingerprint density at radius 1 is 1.53 bits per heavy atom. The summed E-state index contributed by atoms with van der Waals surface area (Å²) in [6.07, 6.45) is 3.79. The first kappa shape index (κ1) is 13.2. The monoisotopic (exact) mass is 235 g/mol. The molecule has 0 aliphatic heterocycles. The van der Waals surface area contributed by atoms with E-state index in [0.717, 1.165) is 6.42 Å². The fourth-order valence-electron chi connectivity index (χ4n) is 1.45. The lowest BCUT2D eigenvalue weighted by Crippen LogP contribution is -2.48. The van der Waals surface area contributed by atoms with Crippen molar-refractivity contribution in [1.82, 2.24) is 10.3 Å². The number of pyridine rings is 1. The quantitative estimate of drug-likeness (QED) is 0.788. The molecule has 2 unspecified atom stereocenters. The zero-order valence-electron chi connectivity index (χ0n) is 10.0. The number of amides is 2. The maximum atomic E-state index is 11.8. The lowest BCUT2D eigenvalue weighted by molar-refractivity contribution is -0.120. The van der Waals surface area contributed by atoms with Crippen molar-refractivity contribution in [3.63, 3.8) is 0 Å². The lowest BCUT2D eigenvalue weighted by Gasteiger charge is -2.20. The molecule has 0 radical (unpaired) electrons. The third-order valence-electron chi connectivity index (χ3n) is 2.73. The van der Waals surface area contributed by atoms with Crippen LogP contribution in [0, 0.1) is 5.92 Å². The first-order valence-corrected chi connectivity index (χ1v) is 5.56. The number of primary amides is 1. The van der Waals surface area contributed by atoms with E-state index in [0.29, 0.717) is 5.56 Å². The molecule has 92 valence electrons. The van der Waals surface area contributed by atoms with Gasteiger partial charge in [-0.3, -0.25) is 14.6 Å². The van der Waals surface area contributed by atoms with Crippen LogP contribution in [0.1, 0.15) is 30.6 Å². The number of rotatable bonds is 5. The average molecular weight is 235 g/mol. The van der Waals surface area contributed by atoms with Crippen LogP contribution in [0.2, 0.25) is 0 Å². The smallest absolute Gasteiger partial charge is 0.253 e. The zero-order valence-corrected chi connectivity index (χ0v) is 10.0. The number of nitrogens with one attached hydrogen (secondary N) is 1. The molecule has 1 rings (SSSR count). The normalized spacial score (nSPS) is 13.8. The molecule has 17 heavy (non-hydrogen) atoms. The number of nitrogens with zero attached hydrogens (tertiary/aromatic N) is 1. The minimum atomic E-state index is -0.646. The van der Waals surface area contributed by atoms with Gasteiger partial charge in [0.05, 0.1) is 5.56 Å². The van der Waals surface area contributed by atoms with Gasteiger partial charge in [-0.05, 0) is 18.1 Å². The van der Waals surface area contributed by atoms with Gasteiger partial charge in [0.1, 0.15) is 6.04 Å². The van der Waals surface area contributed by atoms with Crippen molar-refractivity contribution in [2.75, 3.05) is 0 Å². The van der Waals surface area contributed by atoms with E-state index in [1.807, 2.05) is 13.8 Å². The molecule has 3 N–H and O–H groups in total. The van der Waals surface area contributed by atoms with Gasteiger partial charge in [-0.1, -0.05) is 20.3 Å². The van der Waals surface area contributed by atoms with E-state index in [-0.39, 0.29) is 11.8 Å². The van der Waals surface area contributed by atoms with E-state index in [1.54, 1.807) is 18.3 Å². The van der Waals surface area contributed by atoms with Gasteiger partial charge in [0, 0.05) is 12.4 Å². The summed E-state index contributed by atoms with van der Waals surface area (Å²) in [5.41, 5.74) is 5.69. The number of nitrogens with two attached hydrogens (primary N) is 1. The van der Waals surface area contributed by atoms with E-state index in [4.69, 9.17) is 5.73 Å². The van der Waals surface area contributed by atoms with Crippen molar-refractivity contribution >= 4 is 11.8 Å². The van der Waals surface area contributed by atoms with Crippen LogP contribution < -0.4 is 11.1 Å². The van der Waals surface area contributed by atoms with Crippen molar-refractivity contribution in [3.8, 4) is 0 Å². The van der Waals surface area contributed by atoms with E-state index >= 15 is 0 Å². The highest BCUT2D eigenvalue weighted by atomic mass is 16.2. The Kier molecular flexibility index (Phi) is 4.63. The third kappa shape index (κ3) is 3.55. The average Bonchev–Trinajstić information content (AvgIpc) is 2.35. The molecule has 0 aliphatic carbocycles. The molecule has 0 bridgehead atoms. The van der Waals surface area contributed by atoms with Crippen LogP contribution in [0.15, 0.2) is 24.5 Å². The largest absolute Gasteiger partial charge is 0.368 e. The lowest BCUT2D eigenvalue weighted by atomic mass is 9.98. The molecular weight excluding hydrogens is 218 g/mol. The highest BCUT2D eigenvalue weighted by Gasteiger charge is 2.23. The van der Waals surface area contributed by atoms with Gasteiger partial charge in [-0.15, -0.1) is 0 Å². The zero-order chi connectivity index (χ0) is 12.8. The van der Waals surface area contributed by atoms with Gasteiger partial charge < -0.3 is 11.1 Å². The summed E-state index contributed by atoms with van der Waals surface area (Å²) in [6, 6.07) is 2.65. The van der Waals surface area contributed by atoms with Gasteiger partial charge >= 0.3 is 0 Å². The molecule has 5 heteroatoms. The number of carbonyl (C=O) groups excluding carboxylic acids is 2. The second kappa shape index (κ2) is 5.98. The van der Waals surface area contributed by atoms with Crippen molar-refractivity contribution in [1.29, 1.82) is 0 Å².